The van der Waals surface area contributed by atoms with Crippen LogP contribution in [0, 0.1) is 6.92 Å². The van der Waals surface area contributed by atoms with E-state index in [4.69, 9.17) is 4.98 Å². The number of unbranched alkanes of at least 4 members (excludes halogenated alkanes) is 1. The molecule has 1 heterocycles. The first-order valence-corrected chi connectivity index (χ1v) is 15.3. The second-order valence-corrected chi connectivity index (χ2v) is 11.1. The monoisotopic (exact) mass is 631 g/mol. The third-order valence-electron chi connectivity index (χ3n) is 7.68. The van der Waals surface area contributed by atoms with E-state index in [2.05, 4.69) is 50.1 Å². The lowest BCUT2D eigenvalue weighted by atomic mass is 10.1. The van der Waals surface area contributed by atoms with Crippen LogP contribution in [0.1, 0.15) is 42.1 Å². The van der Waals surface area contributed by atoms with E-state index >= 15 is 0 Å². The van der Waals surface area contributed by atoms with E-state index < -0.39 is 13.2 Å². The molecule has 0 saturated carbocycles. The second-order valence-electron chi connectivity index (χ2n) is 11.1. The van der Waals surface area contributed by atoms with E-state index in [9.17, 15) is 17.6 Å². The Morgan fingerprint density at radius 2 is 1.33 bits per heavy atom. The summed E-state index contributed by atoms with van der Waals surface area (Å²) in [5.41, 5.74) is 6.39. The fourth-order valence-electron chi connectivity index (χ4n) is 5.55. The summed E-state index contributed by atoms with van der Waals surface area (Å²) in [6, 6.07) is 32.1. The molecule has 9 heteroatoms. The van der Waals surface area contributed by atoms with E-state index in [0.717, 1.165) is 58.9 Å². The third-order valence-corrected chi connectivity index (χ3v) is 7.68. The minimum atomic E-state index is -2.91. The van der Waals surface area contributed by atoms with E-state index in [-0.39, 0.29) is 11.5 Å². The molecule has 0 aliphatic carbocycles. The summed E-state index contributed by atoms with van der Waals surface area (Å²) >= 11 is 0. The van der Waals surface area contributed by atoms with Crippen LogP contribution < -0.4 is 9.47 Å². The van der Waals surface area contributed by atoms with E-state index in [0.29, 0.717) is 25.2 Å². The van der Waals surface area contributed by atoms with Crippen molar-refractivity contribution in [3.8, 4) is 34.1 Å². The van der Waals surface area contributed by atoms with Gasteiger partial charge in [0.05, 0.1) is 11.4 Å². The lowest BCUT2D eigenvalue weighted by Gasteiger charge is -2.25. The Bertz CT molecular complexity index is 1680. The first-order chi connectivity index (χ1) is 22.3. The van der Waals surface area contributed by atoms with Gasteiger partial charge in [0.25, 0.3) is 0 Å². The molecule has 240 valence electrons. The van der Waals surface area contributed by atoms with E-state index in [1.165, 1.54) is 12.1 Å². The average Bonchev–Trinajstić information content (AvgIpc) is 3.40. The molecule has 0 atom stereocenters. The van der Waals surface area contributed by atoms with Gasteiger partial charge in [-0.3, -0.25) is 4.90 Å². The molecule has 0 amide bonds. The van der Waals surface area contributed by atoms with Gasteiger partial charge in [0.1, 0.15) is 17.3 Å². The number of benzene rings is 4. The highest BCUT2D eigenvalue weighted by Crippen LogP contribution is 2.32. The predicted octanol–water partition coefficient (Wildman–Crippen LogP) is 9.73. The Kier molecular flexibility index (Phi) is 11.1. The topological polar surface area (TPSA) is 39.5 Å². The lowest BCUT2D eigenvalue weighted by molar-refractivity contribution is -0.0507. The molecule has 0 fully saturated rings. The van der Waals surface area contributed by atoms with Crippen molar-refractivity contribution in [2.24, 2.45) is 0 Å². The van der Waals surface area contributed by atoms with Gasteiger partial charge in [0, 0.05) is 37.3 Å². The number of hydrogen-bond donors (Lipinski definition) is 0. The van der Waals surface area contributed by atoms with Crippen molar-refractivity contribution in [2.75, 3.05) is 0 Å². The molecule has 0 aliphatic rings. The molecule has 1 aromatic heterocycles. The van der Waals surface area contributed by atoms with Gasteiger partial charge in [0.15, 0.2) is 0 Å². The van der Waals surface area contributed by atoms with Crippen molar-refractivity contribution < 1.29 is 27.0 Å². The largest absolute Gasteiger partial charge is 0.435 e. The summed E-state index contributed by atoms with van der Waals surface area (Å²) in [7, 11) is 0. The Morgan fingerprint density at radius 3 is 1.93 bits per heavy atom. The molecule has 46 heavy (non-hydrogen) atoms. The van der Waals surface area contributed by atoms with Crippen molar-refractivity contribution in [3.05, 3.63) is 126 Å². The Labute approximate surface area is 267 Å². The molecule has 0 spiro atoms. The van der Waals surface area contributed by atoms with Gasteiger partial charge in [-0.1, -0.05) is 98.3 Å². The first kappa shape index (κ1) is 32.8. The van der Waals surface area contributed by atoms with Crippen molar-refractivity contribution >= 4 is 0 Å². The van der Waals surface area contributed by atoms with Crippen LogP contribution in [0.3, 0.4) is 0 Å². The summed E-state index contributed by atoms with van der Waals surface area (Å²) < 4.78 is 63.0. The maximum Gasteiger partial charge on any atom is 0.387 e. The van der Waals surface area contributed by atoms with Crippen LogP contribution in [-0.2, 0) is 26.2 Å². The minimum absolute atomic E-state index is 0.0899. The van der Waals surface area contributed by atoms with Gasteiger partial charge in [-0.05, 0) is 48.2 Å². The molecule has 0 radical (unpaired) electrons. The molecule has 4 aromatic carbocycles. The predicted molar refractivity (Wildman–Crippen MR) is 172 cm³/mol. The van der Waals surface area contributed by atoms with Gasteiger partial charge >= 0.3 is 13.2 Å². The quantitative estimate of drug-likeness (QED) is 0.108. The van der Waals surface area contributed by atoms with Crippen LogP contribution in [0.15, 0.2) is 103 Å². The lowest BCUT2D eigenvalue weighted by Crippen LogP contribution is -2.24. The van der Waals surface area contributed by atoms with Gasteiger partial charge in [-0.25, -0.2) is 4.98 Å². The molecular weight excluding hydrogens is 594 g/mol. The first-order valence-electron chi connectivity index (χ1n) is 15.3. The van der Waals surface area contributed by atoms with Gasteiger partial charge in [-0.15, -0.1) is 0 Å². The molecule has 0 saturated heterocycles. The number of imidazole rings is 1. The maximum absolute atomic E-state index is 12.9. The fourth-order valence-corrected chi connectivity index (χ4v) is 5.55. The van der Waals surface area contributed by atoms with Crippen LogP contribution in [0.25, 0.3) is 22.6 Å². The number of ether oxygens (including phenoxy) is 2. The number of rotatable bonds is 15. The highest BCUT2D eigenvalue weighted by atomic mass is 19.3. The van der Waals surface area contributed by atoms with Crippen molar-refractivity contribution in [1.29, 1.82) is 0 Å². The molecule has 5 aromatic rings. The maximum atomic E-state index is 12.9. The van der Waals surface area contributed by atoms with Crippen molar-refractivity contribution in [2.45, 2.75) is 66.1 Å². The Morgan fingerprint density at radius 1 is 0.717 bits per heavy atom. The smallest absolute Gasteiger partial charge is 0.387 e. The zero-order valence-electron chi connectivity index (χ0n) is 25.9. The summed E-state index contributed by atoms with van der Waals surface area (Å²) in [5, 5.41) is 0. The van der Waals surface area contributed by atoms with Crippen molar-refractivity contribution in [1.82, 2.24) is 14.5 Å². The highest BCUT2D eigenvalue weighted by Gasteiger charge is 2.22. The van der Waals surface area contributed by atoms with Gasteiger partial charge in [0.2, 0.25) is 0 Å². The summed E-state index contributed by atoms with van der Waals surface area (Å²) in [6.07, 6.45) is 1.98. The van der Waals surface area contributed by atoms with Crippen LogP contribution >= 0.6 is 0 Å². The van der Waals surface area contributed by atoms with Crippen molar-refractivity contribution in [3.63, 3.8) is 0 Å². The number of halogens is 4. The van der Waals surface area contributed by atoms with Crippen LogP contribution in [-0.4, -0.2) is 27.7 Å². The normalized spacial score (nSPS) is 11.5. The molecule has 0 bridgehead atoms. The average molecular weight is 632 g/mol. The third kappa shape index (κ3) is 8.54. The zero-order chi connectivity index (χ0) is 32.5. The molecular formula is C37H37F4N3O2. The number of nitrogens with zero attached hydrogens (tertiary/aromatic N) is 3. The molecule has 0 aliphatic heterocycles. The summed E-state index contributed by atoms with van der Waals surface area (Å²) in [5.74, 6) is 1.11. The molecule has 5 nitrogen and oxygen atoms in total. The Hall–Kier alpha value is -4.63. The van der Waals surface area contributed by atoms with E-state index in [1.807, 2.05) is 42.5 Å². The summed E-state index contributed by atoms with van der Waals surface area (Å²) in [4.78, 5) is 7.47. The highest BCUT2D eigenvalue weighted by molar-refractivity contribution is 5.68. The fraction of sp³-hybridized carbons (Fsp3) is 0.270. The second kappa shape index (κ2) is 15.6. The Balaban J connectivity index is 1.57. The zero-order valence-corrected chi connectivity index (χ0v) is 25.9. The van der Waals surface area contributed by atoms with Crippen LogP contribution in [0.2, 0.25) is 0 Å². The molecule has 0 N–H and O–H groups in total. The van der Waals surface area contributed by atoms with Gasteiger partial charge in [-0.2, -0.15) is 17.6 Å². The SMILES string of the molecule is CCCCn1c(-c2ccccc2)nc(-c2ccccc2)c1CN(Cc1ccc(OC(F)F)cc1)Cc1ccc(OC(F)F)c(C)c1. The number of aryl methyl sites for hydroxylation is 1. The summed E-state index contributed by atoms with van der Waals surface area (Å²) in [6.45, 7) is 0.356. The molecule has 5 rings (SSSR count). The van der Waals surface area contributed by atoms with Gasteiger partial charge < -0.3 is 14.0 Å². The number of hydrogen-bond acceptors (Lipinski definition) is 4. The van der Waals surface area contributed by atoms with E-state index in [1.54, 1.807) is 31.2 Å². The van der Waals surface area contributed by atoms with Crippen LogP contribution in [0.4, 0.5) is 17.6 Å². The minimum Gasteiger partial charge on any atom is -0.435 e. The van der Waals surface area contributed by atoms with Crippen LogP contribution in [0.5, 0.6) is 11.5 Å². The molecule has 0 unspecified atom stereocenters. The standard InChI is InChI=1S/C37H37F4N3O2/c1-3-4-21-44-32(34(29-11-7-5-8-12-29)42-35(44)30-13-9-6-10-14-30)25-43(23-27-15-18-31(19-16-27)45-36(38)39)24-28-17-20-33(26(2)22-28)46-37(40)41/h5-20,22,36-37H,3-4,21,23-25H2,1-2H3. The number of alkyl halides is 4. The number of aromatic nitrogens is 2.